The van der Waals surface area contributed by atoms with Crippen molar-refractivity contribution in [3.8, 4) is 11.5 Å². The van der Waals surface area contributed by atoms with Gasteiger partial charge in [-0.3, -0.25) is 29.5 Å². The van der Waals surface area contributed by atoms with Crippen molar-refractivity contribution < 1.29 is 33.4 Å². The molecular weight excluding hydrogens is 696 g/mol. The zero-order valence-corrected chi connectivity index (χ0v) is 28.6. The highest BCUT2D eigenvalue weighted by molar-refractivity contribution is 6.31. The Balaban J connectivity index is 1.33. The number of hydrazine groups is 1. The van der Waals surface area contributed by atoms with E-state index >= 15 is 4.79 Å². The predicted molar refractivity (Wildman–Crippen MR) is 188 cm³/mol. The second kappa shape index (κ2) is 12.2. The maximum Gasteiger partial charge on any atom is 0.260 e. The summed E-state index contributed by atoms with van der Waals surface area (Å²) >= 11 is 12.5. The summed E-state index contributed by atoms with van der Waals surface area (Å²) in [4.78, 5) is 59.5. The van der Waals surface area contributed by atoms with Crippen molar-refractivity contribution in [3.05, 3.63) is 130 Å². The van der Waals surface area contributed by atoms with E-state index in [-0.39, 0.29) is 36.2 Å². The second-order valence-electron chi connectivity index (χ2n) is 13.3. The molecule has 2 heterocycles. The first kappa shape index (κ1) is 33.0. The van der Waals surface area contributed by atoms with Gasteiger partial charge in [0.1, 0.15) is 5.82 Å². The van der Waals surface area contributed by atoms with Crippen molar-refractivity contribution in [3.63, 3.8) is 0 Å². The molecule has 0 aromatic heterocycles. The number of hydrogen-bond donors (Lipinski definition) is 2. The SMILES string of the molecule is COc1cc([C@H]2C3=CC[C@@H]4C(=O)N(c5ccc(Cl)cc5)C(=O)[C@@H]4[C@@H]3C[C@H]3C(=O)N(Nc4ccc(F)cc4)C(=O)[C@@]23c2ccc(Cl)cc2)ccc1O. The zero-order chi connectivity index (χ0) is 35.8. The van der Waals surface area contributed by atoms with Gasteiger partial charge in [-0.15, -0.1) is 0 Å². The third-order valence-corrected chi connectivity index (χ3v) is 11.4. The van der Waals surface area contributed by atoms with Gasteiger partial charge in [-0.05, 0) is 103 Å². The number of hydrogen-bond acceptors (Lipinski definition) is 7. The number of phenolic OH excluding ortho intramolecular Hbond substituents is 1. The molecular formula is C39H30Cl2FN3O6. The molecule has 2 aliphatic carbocycles. The largest absolute Gasteiger partial charge is 0.504 e. The molecule has 9 nitrogen and oxygen atoms in total. The summed E-state index contributed by atoms with van der Waals surface area (Å²) in [5, 5.41) is 12.5. The van der Waals surface area contributed by atoms with Crippen molar-refractivity contribution in [2.24, 2.45) is 23.7 Å². The Morgan fingerprint density at radius 1 is 0.843 bits per heavy atom. The van der Waals surface area contributed by atoms with Gasteiger partial charge in [0, 0.05) is 16.0 Å². The topological polar surface area (TPSA) is 116 Å². The van der Waals surface area contributed by atoms with E-state index < -0.39 is 52.6 Å². The molecule has 0 radical (unpaired) electrons. The van der Waals surface area contributed by atoms with Crippen molar-refractivity contribution >= 4 is 58.2 Å². The number of fused-ring (bicyclic) bond motifs is 4. The zero-order valence-electron chi connectivity index (χ0n) is 27.1. The monoisotopic (exact) mass is 725 g/mol. The van der Waals surface area contributed by atoms with E-state index in [2.05, 4.69) is 5.43 Å². The average molecular weight is 727 g/mol. The van der Waals surface area contributed by atoms with Gasteiger partial charge in [-0.2, -0.15) is 5.01 Å². The number of methoxy groups -OCH3 is 1. The lowest BCUT2D eigenvalue weighted by molar-refractivity contribution is -0.138. The lowest BCUT2D eigenvalue weighted by Gasteiger charge is -2.50. The van der Waals surface area contributed by atoms with Gasteiger partial charge in [-0.25, -0.2) is 4.39 Å². The van der Waals surface area contributed by atoms with Crippen molar-refractivity contribution in [1.29, 1.82) is 0 Å². The van der Waals surface area contributed by atoms with E-state index in [1.54, 1.807) is 60.7 Å². The number of carbonyl (C=O) groups is 4. The van der Waals surface area contributed by atoms with E-state index in [1.165, 1.54) is 42.3 Å². The molecule has 12 heteroatoms. The molecule has 3 fully saturated rings. The fourth-order valence-corrected chi connectivity index (χ4v) is 9.00. The normalized spacial score (nSPS) is 26.8. The number of amides is 4. The van der Waals surface area contributed by atoms with Crippen LogP contribution in [0.15, 0.2) is 103 Å². The third kappa shape index (κ3) is 4.95. The Bertz CT molecular complexity index is 2140. The lowest BCUT2D eigenvalue weighted by Crippen LogP contribution is -2.53. The number of rotatable bonds is 6. The van der Waals surface area contributed by atoms with Gasteiger partial charge >= 0.3 is 0 Å². The standard InChI is InChI=1S/C39H30Cl2FN3O6/c1-51-32-18-20(2-17-31(32)46)34-27-15-16-28-33(37(49)44(35(28)47)26-13-7-23(41)8-14-26)29(27)19-30-36(48)45(43-25-11-9-24(42)10-12-25)38(50)39(30,34)21-3-5-22(40)6-4-21/h2-15,17-18,28-30,33-34,43,46H,16,19H2,1H3/t28-,29+,30-,33-,34-,39+/m0/s1. The van der Waals surface area contributed by atoms with Gasteiger partial charge < -0.3 is 9.84 Å². The van der Waals surface area contributed by atoms with Gasteiger partial charge in [0.05, 0.1) is 41.7 Å². The Kier molecular flexibility index (Phi) is 7.92. The summed E-state index contributed by atoms with van der Waals surface area (Å²) in [5.74, 6) is -6.22. The fourth-order valence-electron chi connectivity index (χ4n) is 8.75. The van der Waals surface area contributed by atoms with Crippen molar-refractivity contribution in [2.45, 2.75) is 24.2 Å². The van der Waals surface area contributed by atoms with E-state index in [4.69, 9.17) is 27.9 Å². The number of phenols is 1. The molecule has 8 rings (SSSR count). The predicted octanol–water partition coefficient (Wildman–Crippen LogP) is 7.04. The summed E-state index contributed by atoms with van der Waals surface area (Å²) in [6.07, 6.45) is 2.26. The quantitative estimate of drug-likeness (QED) is 0.162. The lowest BCUT2D eigenvalue weighted by atomic mass is 9.49. The molecule has 0 unspecified atom stereocenters. The van der Waals surface area contributed by atoms with E-state index in [1.807, 2.05) is 6.08 Å². The van der Waals surface area contributed by atoms with Gasteiger partial charge in [0.2, 0.25) is 11.8 Å². The number of imide groups is 2. The molecule has 1 saturated carbocycles. The summed E-state index contributed by atoms with van der Waals surface area (Å²) < 4.78 is 19.3. The number of allylic oxidation sites excluding steroid dienone is 2. The minimum Gasteiger partial charge on any atom is -0.504 e. The molecule has 4 aromatic carbocycles. The molecule has 4 amide bonds. The summed E-state index contributed by atoms with van der Waals surface area (Å²) in [6, 6.07) is 23.3. The smallest absolute Gasteiger partial charge is 0.260 e. The Labute approximate surface area is 302 Å². The van der Waals surface area contributed by atoms with Crippen LogP contribution in [0.5, 0.6) is 11.5 Å². The average Bonchev–Trinajstić information content (AvgIpc) is 3.51. The molecule has 4 aromatic rings. The maximum atomic E-state index is 15.2. The van der Waals surface area contributed by atoms with Crippen LogP contribution >= 0.6 is 23.2 Å². The van der Waals surface area contributed by atoms with Crippen molar-refractivity contribution in [2.75, 3.05) is 17.4 Å². The van der Waals surface area contributed by atoms with Crippen LogP contribution < -0.4 is 15.1 Å². The maximum absolute atomic E-state index is 15.2. The van der Waals surface area contributed by atoms with E-state index in [0.717, 1.165) is 10.6 Å². The number of aromatic hydroxyl groups is 1. The first-order valence-corrected chi connectivity index (χ1v) is 17.2. The first-order chi connectivity index (χ1) is 24.5. The number of nitrogens with zero attached hydrogens (tertiary/aromatic N) is 2. The Hall–Kier alpha value is -5.19. The number of carbonyl (C=O) groups excluding carboxylic acids is 4. The van der Waals surface area contributed by atoms with Crippen LogP contribution in [0.2, 0.25) is 10.0 Å². The number of benzene rings is 4. The second-order valence-corrected chi connectivity index (χ2v) is 14.2. The van der Waals surface area contributed by atoms with Crippen LogP contribution in [-0.2, 0) is 24.6 Å². The van der Waals surface area contributed by atoms with Gasteiger partial charge in [0.15, 0.2) is 11.5 Å². The van der Waals surface area contributed by atoms with Crippen LogP contribution in [0.4, 0.5) is 15.8 Å². The van der Waals surface area contributed by atoms with E-state index in [9.17, 15) is 23.9 Å². The highest BCUT2D eigenvalue weighted by Crippen LogP contribution is 2.64. The number of nitrogens with one attached hydrogen (secondary N) is 1. The summed E-state index contributed by atoms with van der Waals surface area (Å²) in [5.41, 5.74) is 3.91. The molecule has 0 spiro atoms. The Morgan fingerprint density at radius 3 is 2.18 bits per heavy atom. The molecule has 4 aliphatic rings. The minimum atomic E-state index is -1.56. The number of ether oxygens (including phenoxy) is 1. The van der Waals surface area contributed by atoms with Crippen LogP contribution in [0.1, 0.15) is 29.9 Å². The van der Waals surface area contributed by atoms with Crippen LogP contribution in [0.3, 0.4) is 0 Å². The third-order valence-electron chi connectivity index (χ3n) is 10.9. The highest BCUT2D eigenvalue weighted by Gasteiger charge is 2.70. The molecule has 51 heavy (non-hydrogen) atoms. The van der Waals surface area contributed by atoms with Crippen LogP contribution in [0.25, 0.3) is 0 Å². The molecule has 2 saturated heterocycles. The first-order valence-electron chi connectivity index (χ1n) is 16.4. The van der Waals surface area contributed by atoms with Gasteiger partial charge in [-0.1, -0.05) is 53.1 Å². The molecule has 6 atom stereocenters. The van der Waals surface area contributed by atoms with Crippen LogP contribution in [-0.4, -0.2) is 40.9 Å². The number of anilines is 2. The highest BCUT2D eigenvalue weighted by atomic mass is 35.5. The fraction of sp³-hybridized carbons (Fsp3) is 0.231. The molecule has 2 N–H and O–H groups in total. The summed E-state index contributed by atoms with van der Waals surface area (Å²) in [6.45, 7) is 0. The van der Waals surface area contributed by atoms with E-state index in [0.29, 0.717) is 32.5 Å². The molecule has 258 valence electrons. The molecule has 0 bridgehead atoms. The summed E-state index contributed by atoms with van der Waals surface area (Å²) in [7, 11) is 1.41. The van der Waals surface area contributed by atoms with Crippen LogP contribution in [0, 0.1) is 29.5 Å². The van der Waals surface area contributed by atoms with Gasteiger partial charge in [0.25, 0.3) is 11.8 Å². The molecule has 2 aliphatic heterocycles. The Morgan fingerprint density at radius 2 is 1.51 bits per heavy atom. The van der Waals surface area contributed by atoms with Crippen molar-refractivity contribution in [1.82, 2.24) is 5.01 Å². The number of halogens is 3. The minimum absolute atomic E-state index is 0.0843.